The van der Waals surface area contributed by atoms with E-state index in [1.165, 1.54) is 0 Å². The van der Waals surface area contributed by atoms with Crippen LogP contribution in [0.3, 0.4) is 0 Å². The van der Waals surface area contributed by atoms with E-state index in [0.29, 0.717) is 31.9 Å². The zero-order chi connectivity index (χ0) is 17.6. The minimum Gasteiger partial charge on any atom is -0.506 e. The van der Waals surface area contributed by atoms with E-state index in [4.69, 9.17) is 10.5 Å². The number of ether oxygens (including phenoxy) is 1. The van der Waals surface area contributed by atoms with Gasteiger partial charge < -0.3 is 25.4 Å². The number of benzene rings is 1. The van der Waals surface area contributed by atoms with Gasteiger partial charge in [-0.3, -0.25) is 0 Å². The van der Waals surface area contributed by atoms with Crippen LogP contribution in [0.2, 0.25) is 0 Å². The fourth-order valence-corrected chi connectivity index (χ4v) is 2.20. The van der Waals surface area contributed by atoms with Crippen LogP contribution in [0.25, 0.3) is 0 Å². The Bertz CT molecular complexity index is 518. The standard InChI is InChI=1S/C15H23N3O3.C2H6/c1-15(2,3)21-14(20)18-8-6-17(7-9-18)11-4-5-12(16)13(19)10-11;1-2/h4-5,10,19H,6-9,16H2,1-3H3;1-2H3. The number of hydrogen-bond donors (Lipinski definition) is 2. The molecule has 1 heterocycles. The molecule has 0 atom stereocenters. The van der Waals surface area contributed by atoms with E-state index in [9.17, 15) is 9.90 Å². The molecule has 6 nitrogen and oxygen atoms in total. The number of anilines is 2. The van der Waals surface area contributed by atoms with Gasteiger partial charge in [0, 0.05) is 37.9 Å². The molecule has 1 amide bonds. The Morgan fingerprint density at radius 1 is 1.17 bits per heavy atom. The van der Waals surface area contributed by atoms with E-state index < -0.39 is 5.60 Å². The molecule has 1 aliphatic heterocycles. The Hall–Kier alpha value is -2.11. The van der Waals surface area contributed by atoms with E-state index in [0.717, 1.165) is 5.69 Å². The molecule has 23 heavy (non-hydrogen) atoms. The fourth-order valence-electron chi connectivity index (χ4n) is 2.20. The molecule has 0 aromatic heterocycles. The molecular formula is C17H29N3O3. The summed E-state index contributed by atoms with van der Waals surface area (Å²) in [7, 11) is 0. The number of piperazine rings is 1. The van der Waals surface area contributed by atoms with Crippen molar-refractivity contribution in [2.45, 2.75) is 40.2 Å². The SMILES string of the molecule is CC.CC(C)(C)OC(=O)N1CCN(c2ccc(N)c(O)c2)CC1. The van der Waals surface area contributed by atoms with Crippen LogP contribution in [0, 0.1) is 0 Å². The summed E-state index contributed by atoms with van der Waals surface area (Å²) in [5.41, 5.74) is 6.40. The van der Waals surface area contributed by atoms with Crippen LogP contribution < -0.4 is 10.6 Å². The van der Waals surface area contributed by atoms with Gasteiger partial charge >= 0.3 is 6.09 Å². The van der Waals surface area contributed by atoms with Crippen LogP contribution in [0.1, 0.15) is 34.6 Å². The van der Waals surface area contributed by atoms with Gasteiger partial charge in [-0.1, -0.05) is 13.8 Å². The summed E-state index contributed by atoms with van der Waals surface area (Å²) in [5, 5.41) is 9.66. The first-order valence-corrected chi connectivity index (χ1v) is 8.07. The van der Waals surface area contributed by atoms with Crippen molar-refractivity contribution < 1.29 is 14.6 Å². The van der Waals surface area contributed by atoms with Crippen molar-refractivity contribution in [3.8, 4) is 5.75 Å². The van der Waals surface area contributed by atoms with E-state index in [-0.39, 0.29) is 11.8 Å². The molecule has 6 heteroatoms. The minimum absolute atomic E-state index is 0.0853. The van der Waals surface area contributed by atoms with Crippen molar-refractivity contribution >= 4 is 17.5 Å². The predicted octanol–water partition coefficient (Wildman–Crippen LogP) is 3.06. The molecule has 1 aromatic carbocycles. The van der Waals surface area contributed by atoms with Crippen molar-refractivity contribution in [2.75, 3.05) is 36.8 Å². The lowest BCUT2D eigenvalue weighted by molar-refractivity contribution is 0.0240. The minimum atomic E-state index is -0.475. The second kappa shape index (κ2) is 7.94. The monoisotopic (exact) mass is 323 g/mol. The van der Waals surface area contributed by atoms with Crippen molar-refractivity contribution in [3.63, 3.8) is 0 Å². The first-order chi connectivity index (χ1) is 10.8. The van der Waals surface area contributed by atoms with Gasteiger partial charge in [-0.2, -0.15) is 0 Å². The second-order valence-corrected chi connectivity index (χ2v) is 6.20. The number of rotatable bonds is 1. The Morgan fingerprint density at radius 3 is 2.22 bits per heavy atom. The summed E-state index contributed by atoms with van der Waals surface area (Å²) in [6.45, 7) is 12.2. The molecule has 2 rings (SSSR count). The van der Waals surface area contributed by atoms with Crippen molar-refractivity contribution in [1.29, 1.82) is 0 Å². The van der Waals surface area contributed by atoms with Gasteiger partial charge in [-0.25, -0.2) is 4.79 Å². The number of nitrogen functional groups attached to an aromatic ring is 1. The molecule has 1 aromatic rings. The predicted molar refractivity (Wildman–Crippen MR) is 93.9 cm³/mol. The highest BCUT2D eigenvalue weighted by Crippen LogP contribution is 2.27. The van der Waals surface area contributed by atoms with Crippen LogP contribution in [0.15, 0.2) is 18.2 Å². The molecule has 130 valence electrons. The van der Waals surface area contributed by atoms with E-state index in [1.54, 1.807) is 17.0 Å². The fraction of sp³-hybridized carbons (Fsp3) is 0.588. The van der Waals surface area contributed by atoms with Crippen LogP contribution in [-0.2, 0) is 4.74 Å². The van der Waals surface area contributed by atoms with Gasteiger partial charge in [-0.15, -0.1) is 0 Å². The van der Waals surface area contributed by atoms with Gasteiger partial charge in [-0.05, 0) is 32.9 Å². The maximum absolute atomic E-state index is 12.0. The molecular weight excluding hydrogens is 294 g/mol. The van der Waals surface area contributed by atoms with Crippen LogP contribution in [-0.4, -0.2) is 47.9 Å². The molecule has 0 radical (unpaired) electrons. The molecule has 1 aliphatic rings. The smallest absolute Gasteiger partial charge is 0.410 e. The first-order valence-electron chi connectivity index (χ1n) is 8.07. The Morgan fingerprint density at radius 2 is 1.74 bits per heavy atom. The van der Waals surface area contributed by atoms with Gasteiger partial charge in [0.25, 0.3) is 0 Å². The third-order valence-electron chi connectivity index (χ3n) is 3.31. The topological polar surface area (TPSA) is 79.0 Å². The Balaban J connectivity index is 0.00000127. The third-order valence-corrected chi connectivity index (χ3v) is 3.31. The van der Waals surface area contributed by atoms with Gasteiger partial charge in [0.05, 0.1) is 5.69 Å². The van der Waals surface area contributed by atoms with E-state index in [2.05, 4.69) is 4.90 Å². The van der Waals surface area contributed by atoms with Crippen LogP contribution in [0.5, 0.6) is 5.75 Å². The number of amides is 1. The average molecular weight is 323 g/mol. The summed E-state index contributed by atoms with van der Waals surface area (Å²) in [5.74, 6) is 0.0853. The zero-order valence-corrected chi connectivity index (χ0v) is 14.8. The summed E-state index contributed by atoms with van der Waals surface area (Å²) >= 11 is 0. The maximum atomic E-state index is 12.0. The number of carbonyl (C=O) groups is 1. The average Bonchev–Trinajstić information content (AvgIpc) is 2.50. The normalized spacial score (nSPS) is 14.8. The highest BCUT2D eigenvalue weighted by Gasteiger charge is 2.26. The maximum Gasteiger partial charge on any atom is 0.410 e. The Kier molecular flexibility index (Phi) is 6.54. The lowest BCUT2D eigenvalue weighted by Gasteiger charge is -2.36. The third kappa shape index (κ3) is 5.54. The summed E-state index contributed by atoms with van der Waals surface area (Å²) in [6, 6.07) is 5.21. The molecule has 1 fully saturated rings. The molecule has 1 saturated heterocycles. The molecule has 3 N–H and O–H groups in total. The lowest BCUT2D eigenvalue weighted by atomic mass is 10.2. The number of aromatic hydroxyl groups is 1. The largest absolute Gasteiger partial charge is 0.506 e. The summed E-state index contributed by atoms with van der Waals surface area (Å²) < 4.78 is 5.36. The van der Waals surface area contributed by atoms with E-state index in [1.807, 2.05) is 40.7 Å². The number of hydrogen-bond acceptors (Lipinski definition) is 5. The van der Waals surface area contributed by atoms with E-state index >= 15 is 0 Å². The van der Waals surface area contributed by atoms with Crippen molar-refractivity contribution in [2.24, 2.45) is 0 Å². The van der Waals surface area contributed by atoms with Gasteiger partial charge in [0.1, 0.15) is 11.4 Å². The van der Waals surface area contributed by atoms with Crippen LogP contribution in [0.4, 0.5) is 16.2 Å². The number of nitrogens with two attached hydrogens (primary N) is 1. The molecule has 0 unspecified atom stereocenters. The van der Waals surface area contributed by atoms with Gasteiger partial charge in [0.2, 0.25) is 0 Å². The lowest BCUT2D eigenvalue weighted by Crippen LogP contribution is -2.50. The first kappa shape index (κ1) is 18.9. The highest BCUT2D eigenvalue weighted by molar-refractivity contribution is 5.69. The van der Waals surface area contributed by atoms with Gasteiger partial charge in [0.15, 0.2) is 0 Å². The number of phenolic OH excluding ortho intramolecular Hbond substituents is 1. The van der Waals surface area contributed by atoms with Crippen LogP contribution >= 0.6 is 0 Å². The Labute approximate surface area is 138 Å². The molecule has 0 aliphatic carbocycles. The molecule has 0 bridgehead atoms. The highest BCUT2D eigenvalue weighted by atomic mass is 16.6. The zero-order valence-electron chi connectivity index (χ0n) is 14.8. The van der Waals surface area contributed by atoms with Crippen molar-refractivity contribution in [1.82, 2.24) is 4.90 Å². The molecule has 0 spiro atoms. The number of phenols is 1. The second-order valence-electron chi connectivity index (χ2n) is 6.20. The summed E-state index contributed by atoms with van der Waals surface area (Å²) in [6.07, 6.45) is -0.276. The molecule has 0 saturated carbocycles. The number of carbonyl (C=O) groups excluding carboxylic acids is 1. The quantitative estimate of drug-likeness (QED) is 0.613. The number of nitrogens with zero attached hydrogens (tertiary/aromatic N) is 2. The van der Waals surface area contributed by atoms with Crippen molar-refractivity contribution in [3.05, 3.63) is 18.2 Å². The summed E-state index contributed by atoms with van der Waals surface area (Å²) in [4.78, 5) is 15.8.